The summed E-state index contributed by atoms with van der Waals surface area (Å²) in [5, 5.41) is 2.85. The van der Waals surface area contributed by atoms with Gasteiger partial charge in [0.2, 0.25) is 5.91 Å². The van der Waals surface area contributed by atoms with Crippen molar-refractivity contribution < 1.29 is 4.79 Å². The Morgan fingerprint density at radius 2 is 1.82 bits per heavy atom. The molecule has 3 N–H and O–H groups in total. The van der Waals surface area contributed by atoms with Crippen LogP contribution < -0.4 is 11.1 Å². The summed E-state index contributed by atoms with van der Waals surface area (Å²) in [6.45, 7) is 7.97. The van der Waals surface area contributed by atoms with Crippen LogP contribution in [0.1, 0.15) is 45.6 Å². The van der Waals surface area contributed by atoms with Crippen LogP contribution in [0.25, 0.3) is 0 Å². The number of anilines is 1. The second-order valence-corrected chi connectivity index (χ2v) is 5.49. The highest BCUT2D eigenvalue weighted by Crippen LogP contribution is 2.17. The van der Waals surface area contributed by atoms with Crippen LogP contribution >= 0.6 is 0 Å². The van der Waals surface area contributed by atoms with Crippen LogP contribution in [0.5, 0.6) is 0 Å². The lowest BCUT2D eigenvalue weighted by Gasteiger charge is -2.17. The molecule has 0 saturated carbocycles. The summed E-state index contributed by atoms with van der Waals surface area (Å²) in [6, 6.07) is 7.93. The minimum absolute atomic E-state index is 0.0465. The van der Waals surface area contributed by atoms with E-state index in [1.165, 1.54) is 5.56 Å². The van der Waals surface area contributed by atoms with Crippen molar-refractivity contribution in [2.45, 2.75) is 45.6 Å². The standard InChI is InChI=1S/C14H22N2O/c1-10(2)11-5-7-12(8-6-11)16-13(17)9-14(3,4)15/h5-8,10H,9,15H2,1-4H3,(H,16,17). The van der Waals surface area contributed by atoms with E-state index in [2.05, 4.69) is 19.2 Å². The number of hydrogen-bond donors (Lipinski definition) is 2. The molecule has 0 fully saturated rings. The maximum atomic E-state index is 11.7. The zero-order chi connectivity index (χ0) is 13.1. The molecule has 1 amide bonds. The molecule has 0 bridgehead atoms. The summed E-state index contributed by atoms with van der Waals surface area (Å²) < 4.78 is 0. The van der Waals surface area contributed by atoms with Crippen molar-refractivity contribution in [2.75, 3.05) is 5.32 Å². The Labute approximate surface area is 103 Å². The van der Waals surface area contributed by atoms with E-state index in [-0.39, 0.29) is 5.91 Å². The van der Waals surface area contributed by atoms with E-state index in [1.807, 2.05) is 38.1 Å². The summed E-state index contributed by atoms with van der Waals surface area (Å²) >= 11 is 0. The molecule has 0 aliphatic heterocycles. The van der Waals surface area contributed by atoms with Gasteiger partial charge in [0, 0.05) is 17.6 Å². The van der Waals surface area contributed by atoms with Crippen LogP contribution in [-0.4, -0.2) is 11.4 Å². The normalized spacial score (nSPS) is 11.6. The predicted molar refractivity (Wildman–Crippen MR) is 72.0 cm³/mol. The van der Waals surface area contributed by atoms with Gasteiger partial charge in [0.1, 0.15) is 0 Å². The maximum Gasteiger partial charge on any atom is 0.226 e. The van der Waals surface area contributed by atoms with Crippen molar-refractivity contribution in [3.05, 3.63) is 29.8 Å². The van der Waals surface area contributed by atoms with Gasteiger partial charge in [-0.1, -0.05) is 26.0 Å². The second-order valence-electron chi connectivity index (χ2n) is 5.49. The lowest BCUT2D eigenvalue weighted by molar-refractivity contribution is -0.117. The summed E-state index contributed by atoms with van der Waals surface area (Å²) in [7, 11) is 0. The lowest BCUT2D eigenvalue weighted by atomic mass is 10.0. The monoisotopic (exact) mass is 234 g/mol. The quantitative estimate of drug-likeness (QED) is 0.841. The molecule has 0 saturated heterocycles. The zero-order valence-electron chi connectivity index (χ0n) is 11.1. The number of carbonyl (C=O) groups excluding carboxylic acids is 1. The van der Waals surface area contributed by atoms with Crippen LogP contribution in [0.2, 0.25) is 0 Å². The Hall–Kier alpha value is -1.35. The van der Waals surface area contributed by atoms with Gasteiger partial charge in [0.05, 0.1) is 0 Å². The smallest absolute Gasteiger partial charge is 0.226 e. The Bertz CT molecular complexity index is 374. The van der Waals surface area contributed by atoms with Gasteiger partial charge >= 0.3 is 0 Å². The van der Waals surface area contributed by atoms with Gasteiger partial charge in [-0.2, -0.15) is 0 Å². The van der Waals surface area contributed by atoms with Crippen LogP contribution in [0.4, 0.5) is 5.69 Å². The first kappa shape index (κ1) is 13.7. The van der Waals surface area contributed by atoms with Crippen molar-refractivity contribution in [3.63, 3.8) is 0 Å². The molecular weight excluding hydrogens is 212 g/mol. The molecule has 3 heteroatoms. The molecule has 0 aliphatic rings. The predicted octanol–water partition coefficient (Wildman–Crippen LogP) is 2.88. The molecule has 0 spiro atoms. The molecule has 0 unspecified atom stereocenters. The van der Waals surface area contributed by atoms with Crippen molar-refractivity contribution in [2.24, 2.45) is 5.73 Å². The minimum atomic E-state index is -0.470. The summed E-state index contributed by atoms with van der Waals surface area (Å²) in [5.41, 5.74) is 7.41. The van der Waals surface area contributed by atoms with Gasteiger partial charge < -0.3 is 11.1 Å². The first-order valence-corrected chi connectivity index (χ1v) is 5.96. The summed E-state index contributed by atoms with van der Waals surface area (Å²) in [6.07, 6.45) is 0.318. The van der Waals surface area contributed by atoms with Crippen LogP contribution in [0.3, 0.4) is 0 Å². The third-order valence-corrected chi connectivity index (χ3v) is 2.48. The largest absolute Gasteiger partial charge is 0.326 e. The van der Waals surface area contributed by atoms with E-state index in [1.54, 1.807) is 0 Å². The topological polar surface area (TPSA) is 55.1 Å². The lowest BCUT2D eigenvalue weighted by Crippen LogP contribution is -2.36. The number of rotatable bonds is 4. The molecule has 94 valence electrons. The Morgan fingerprint density at radius 1 is 1.29 bits per heavy atom. The van der Waals surface area contributed by atoms with Crippen molar-refractivity contribution >= 4 is 11.6 Å². The van der Waals surface area contributed by atoms with Crippen LogP contribution in [-0.2, 0) is 4.79 Å². The van der Waals surface area contributed by atoms with E-state index in [0.717, 1.165) is 5.69 Å². The Morgan fingerprint density at radius 3 is 2.24 bits per heavy atom. The summed E-state index contributed by atoms with van der Waals surface area (Å²) in [4.78, 5) is 11.7. The number of carbonyl (C=O) groups is 1. The number of hydrogen-bond acceptors (Lipinski definition) is 2. The van der Waals surface area contributed by atoms with Crippen molar-refractivity contribution in [1.29, 1.82) is 0 Å². The second kappa shape index (κ2) is 5.32. The highest BCUT2D eigenvalue weighted by Gasteiger charge is 2.16. The molecule has 3 nitrogen and oxygen atoms in total. The SMILES string of the molecule is CC(C)c1ccc(NC(=O)CC(C)(C)N)cc1. The fourth-order valence-corrected chi connectivity index (χ4v) is 1.57. The van der Waals surface area contributed by atoms with Gasteiger partial charge in [0.25, 0.3) is 0 Å². The van der Waals surface area contributed by atoms with Gasteiger partial charge in [-0.3, -0.25) is 4.79 Å². The molecule has 0 aromatic heterocycles. The van der Waals surface area contributed by atoms with Gasteiger partial charge in [-0.05, 0) is 37.5 Å². The molecule has 1 aromatic rings. The van der Waals surface area contributed by atoms with Crippen molar-refractivity contribution in [3.8, 4) is 0 Å². The average Bonchev–Trinajstić information content (AvgIpc) is 2.15. The van der Waals surface area contributed by atoms with Gasteiger partial charge in [-0.15, -0.1) is 0 Å². The molecule has 1 rings (SSSR count). The molecule has 0 radical (unpaired) electrons. The van der Waals surface area contributed by atoms with Crippen LogP contribution in [0.15, 0.2) is 24.3 Å². The number of nitrogens with one attached hydrogen (secondary N) is 1. The number of benzene rings is 1. The minimum Gasteiger partial charge on any atom is -0.326 e. The Balaban J connectivity index is 2.61. The van der Waals surface area contributed by atoms with E-state index in [0.29, 0.717) is 12.3 Å². The van der Waals surface area contributed by atoms with Crippen LogP contribution in [0, 0.1) is 0 Å². The molecule has 17 heavy (non-hydrogen) atoms. The third-order valence-electron chi connectivity index (χ3n) is 2.48. The van der Waals surface area contributed by atoms with E-state index in [4.69, 9.17) is 5.73 Å². The van der Waals surface area contributed by atoms with E-state index in [9.17, 15) is 4.79 Å². The molecule has 0 aliphatic carbocycles. The molecular formula is C14H22N2O. The fraction of sp³-hybridized carbons (Fsp3) is 0.500. The van der Waals surface area contributed by atoms with Gasteiger partial charge in [-0.25, -0.2) is 0 Å². The average molecular weight is 234 g/mol. The maximum absolute atomic E-state index is 11.7. The first-order chi connectivity index (χ1) is 7.78. The fourth-order valence-electron chi connectivity index (χ4n) is 1.57. The van der Waals surface area contributed by atoms with Crippen molar-refractivity contribution in [1.82, 2.24) is 0 Å². The number of nitrogens with two attached hydrogens (primary N) is 1. The van der Waals surface area contributed by atoms with E-state index < -0.39 is 5.54 Å². The van der Waals surface area contributed by atoms with Gasteiger partial charge in [0.15, 0.2) is 0 Å². The van der Waals surface area contributed by atoms with E-state index >= 15 is 0 Å². The Kier molecular flexibility index (Phi) is 4.29. The first-order valence-electron chi connectivity index (χ1n) is 5.96. The molecule has 0 heterocycles. The summed E-state index contributed by atoms with van der Waals surface area (Å²) in [5.74, 6) is 0.456. The third kappa shape index (κ3) is 5.00. The highest BCUT2D eigenvalue weighted by atomic mass is 16.1. The molecule has 0 atom stereocenters. The molecule has 1 aromatic carbocycles. The zero-order valence-corrected chi connectivity index (χ0v) is 11.1. The number of amides is 1. The highest BCUT2D eigenvalue weighted by molar-refractivity contribution is 5.91.